The fourth-order valence-electron chi connectivity index (χ4n) is 4.11. The highest BCUT2D eigenvalue weighted by Gasteiger charge is 2.25. The zero-order valence-electron chi connectivity index (χ0n) is 21.1. The lowest BCUT2D eigenvalue weighted by Crippen LogP contribution is -2.04. The SMILES string of the molecule is COC(=O)c1[nH]c2nc(SCc3csc(-c4ccc(Cl)cc4)n3)c(C#N)c(-c3ccc(OCCO)cc3)c2c1N. The number of nitrogens with one attached hydrogen (secondary N) is 1. The molecule has 0 atom stereocenters. The van der Waals surface area contributed by atoms with Crippen LogP contribution in [0, 0.1) is 11.3 Å². The van der Waals surface area contributed by atoms with Gasteiger partial charge in [-0.25, -0.2) is 14.8 Å². The van der Waals surface area contributed by atoms with Crippen molar-refractivity contribution in [2.45, 2.75) is 10.8 Å². The molecule has 202 valence electrons. The molecule has 0 aliphatic rings. The average Bonchev–Trinajstić information content (AvgIpc) is 3.59. The van der Waals surface area contributed by atoms with Crippen molar-refractivity contribution in [1.29, 1.82) is 5.26 Å². The Kier molecular flexibility index (Phi) is 8.23. The molecule has 0 saturated heterocycles. The molecule has 0 spiro atoms. The number of aliphatic hydroxyl groups excluding tert-OH is 1. The van der Waals surface area contributed by atoms with Crippen molar-refractivity contribution in [2.24, 2.45) is 0 Å². The standard InChI is InChI=1S/C28H22ClN5O4S2/c1-37-28(36)24-23(31)22-21(15-4-8-19(9-5-15)38-11-10-35)20(12-30)27(34-25(22)33-24)40-14-18-13-39-26(32-18)16-2-6-17(29)7-3-16/h2-9,13,35H,10-11,14,31H2,1H3,(H,33,34). The molecular formula is C28H22ClN5O4S2. The number of aromatic amines is 1. The number of fused-ring (bicyclic) bond motifs is 1. The molecule has 0 aliphatic heterocycles. The molecule has 9 nitrogen and oxygen atoms in total. The van der Waals surface area contributed by atoms with Crippen LogP contribution in [0.25, 0.3) is 32.7 Å². The van der Waals surface area contributed by atoms with Crippen LogP contribution in [0.5, 0.6) is 5.75 Å². The number of halogens is 1. The zero-order chi connectivity index (χ0) is 28.2. The van der Waals surface area contributed by atoms with Crippen molar-refractivity contribution in [3.8, 4) is 33.5 Å². The van der Waals surface area contributed by atoms with Gasteiger partial charge in [0, 0.05) is 27.3 Å². The molecule has 5 rings (SSSR count). The Labute approximate surface area is 242 Å². The number of hydrogen-bond acceptors (Lipinski definition) is 10. The second kappa shape index (κ2) is 12.0. The second-order valence-corrected chi connectivity index (χ2v) is 10.7. The summed E-state index contributed by atoms with van der Waals surface area (Å²) >= 11 is 8.89. The predicted octanol–water partition coefficient (Wildman–Crippen LogP) is 5.91. The normalized spacial score (nSPS) is 10.9. The van der Waals surface area contributed by atoms with E-state index in [-0.39, 0.29) is 24.6 Å². The Morgan fingerprint density at radius 1 is 1.18 bits per heavy atom. The molecule has 0 radical (unpaired) electrons. The van der Waals surface area contributed by atoms with Gasteiger partial charge in [-0.2, -0.15) is 5.26 Å². The predicted molar refractivity (Wildman–Crippen MR) is 157 cm³/mol. The van der Waals surface area contributed by atoms with Crippen LogP contribution < -0.4 is 10.5 Å². The number of pyridine rings is 1. The van der Waals surface area contributed by atoms with E-state index in [9.17, 15) is 10.1 Å². The van der Waals surface area contributed by atoms with Crippen molar-refractivity contribution < 1.29 is 19.4 Å². The van der Waals surface area contributed by atoms with Crippen LogP contribution in [0.15, 0.2) is 58.9 Å². The molecule has 0 unspecified atom stereocenters. The molecule has 3 heterocycles. The molecule has 0 amide bonds. The molecule has 0 saturated carbocycles. The largest absolute Gasteiger partial charge is 0.491 e. The maximum absolute atomic E-state index is 12.4. The lowest BCUT2D eigenvalue weighted by molar-refractivity contribution is 0.0596. The first-order valence-corrected chi connectivity index (χ1v) is 14.2. The van der Waals surface area contributed by atoms with E-state index < -0.39 is 5.97 Å². The van der Waals surface area contributed by atoms with E-state index in [0.717, 1.165) is 16.3 Å². The Bertz CT molecular complexity index is 1730. The van der Waals surface area contributed by atoms with Gasteiger partial charge in [0.25, 0.3) is 0 Å². The number of carbonyl (C=O) groups excluding carboxylic acids is 1. The Hall–Kier alpha value is -4.08. The van der Waals surface area contributed by atoms with Crippen LogP contribution in [0.2, 0.25) is 5.02 Å². The fraction of sp³-hybridized carbons (Fsp3) is 0.143. The van der Waals surface area contributed by atoms with Gasteiger partial charge in [0.15, 0.2) is 5.69 Å². The lowest BCUT2D eigenvalue weighted by atomic mass is 9.98. The molecule has 40 heavy (non-hydrogen) atoms. The van der Waals surface area contributed by atoms with Crippen molar-refractivity contribution in [3.63, 3.8) is 0 Å². The number of rotatable bonds is 9. The number of hydrogen-bond donors (Lipinski definition) is 3. The summed E-state index contributed by atoms with van der Waals surface area (Å²) in [6, 6.07) is 16.8. The smallest absolute Gasteiger partial charge is 0.356 e. The number of aliphatic hydroxyl groups is 1. The molecule has 5 aromatic rings. The lowest BCUT2D eigenvalue weighted by Gasteiger charge is -2.12. The van der Waals surface area contributed by atoms with Gasteiger partial charge in [-0.1, -0.05) is 47.6 Å². The first kappa shape index (κ1) is 27.5. The summed E-state index contributed by atoms with van der Waals surface area (Å²) in [5, 5.41) is 23.7. The third-order valence-electron chi connectivity index (χ3n) is 5.95. The molecule has 0 fully saturated rings. The number of nitrogens with two attached hydrogens (primary N) is 1. The van der Waals surface area contributed by atoms with E-state index in [2.05, 4.69) is 16.0 Å². The highest BCUT2D eigenvalue weighted by molar-refractivity contribution is 7.98. The number of benzene rings is 2. The van der Waals surface area contributed by atoms with Gasteiger partial charge in [0.2, 0.25) is 0 Å². The van der Waals surface area contributed by atoms with Gasteiger partial charge in [-0.05, 0) is 29.8 Å². The molecule has 0 bridgehead atoms. The van der Waals surface area contributed by atoms with Crippen LogP contribution in [0.3, 0.4) is 0 Å². The number of nitrogens with zero attached hydrogens (tertiary/aromatic N) is 3. The third-order valence-corrected chi connectivity index (χ3v) is 8.15. The van der Waals surface area contributed by atoms with Crippen molar-refractivity contribution >= 4 is 57.4 Å². The Morgan fingerprint density at radius 2 is 1.90 bits per heavy atom. The van der Waals surface area contributed by atoms with Gasteiger partial charge >= 0.3 is 5.97 Å². The summed E-state index contributed by atoms with van der Waals surface area (Å²) in [6.45, 7) is 0.0505. The van der Waals surface area contributed by atoms with E-state index in [1.807, 2.05) is 29.6 Å². The Morgan fingerprint density at radius 3 is 2.58 bits per heavy atom. The third kappa shape index (κ3) is 5.48. The van der Waals surface area contributed by atoms with Crippen molar-refractivity contribution in [2.75, 3.05) is 26.1 Å². The number of thioether (sulfide) groups is 1. The summed E-state index contributed by atoms with van der Waals surface area (Å²) in [5.74, 6) is 0.387. The number of aromatic nitrogens is 3. The van der Waals surface area contributed by atoms with Gasteiger partial charge in [-0.15, -0.1) is 11.3 Å². The average molecular weight is 592 g/mol. The van der Waals surface area contributed by atoms with Gasteiger partial charge in [-0.3, -0.25) is 0 Å². The van der Waals surface area contributed by atoms with Crippen molar-refractivity contribution in [1.82, 2.24) is 15.0 Å². The van der Waals surface area contributed by atoms with E-state index in [4.69, 9.17) is 36.9 Å². The summed E-state index contributed by atoms with van der Waals surface area (Å²) in [6.07, 6.45) is 0. The zero-order valence-corrected chi connectivity index (χ0v) is 23.5. The van der Waals surface area contributed by atoms with Gasteiger partial charge in [0.1, 0.15) is 34.1 Å². The van der Waals surface area contributed by atoms with Crippen LogP contribution in [-0.2, 0) is 10.5 Å². The summed E-state index contributed by atoms with van der Waals surface area (Å²) in [5.41, 5.74) is 10.3. The molecular weight excluding hydrogens is 570 g/mol. The van der Waals surface area contributed by atoms with E-state index in [1.165, 1.54) is 30.2 Å². The number of esters is 1. The number of methoxy groups -OCH3 is 1. The number of H-pyrrole nitrogens is 1. The maximum atomic E-state index is 12.4. The topological polar surface area (TPSA) is 147 Å². The van der Waals surface area contributed by atoms with Crippen LogP contribution >= 0.6 is 34.7 Å². The maximum Gasteiger partial charge on any atom is 0.356 e. The minimum atomic E-state index is -0.640. The number of thiazole rings is 1. The summed E-state index contributed by atoms with van der Waals surface area (Å²) < 4.78 is 10.4. The van der Waals surface area contributed by atoms with Crippen LogP contribution in [0.4, 0.5) is 5.69 Å². The summed E-state index contributed by atoms with van der Waals surface area (Å²) in [4.78, 5) is 24.8. The van der Waals surface area contributed by atoms with Crippen LogP contribution in [0.1, 0.15) is 21.7 Å². The monoisotopic (exact) mass is 591 g/mol. The molecule has 12 heteroatoms. The molecule has 0 aliphatic carbocycles. The molecule has 2 aromatic carbocycles. The van der Waals surface area contributed by atoms with Gasteiger partial charge in [0.05, 0.1) is 36.0 Å². The number of nitrogen functional groups attached to an aromatic ring is 1. The van der Waals surface area contributed by atoms with E-state index in [0.29, 0.717) is 49.3 Å². The number of anilines is 1. The fourth-order valence-corrected chi connectivity index (χ4v) is 6.05. The number of ether oxygens (including phenoxy) is 2. The molecule has 3 aromatic heterocycles. The Balaban J connectivity index is 1.55. The van der Waals surface area contributed by atoms with E-state index in [1.54, 1.807) is 24.3 Å². The minimum Gasteiger partial charge on any atom is -0.491 e. The summed E-state index contributed by atoms with van der Waals surface area (Å²) in [7, 11) is 1.26. The first-order chi connectivity index (χ1) is 19.4. The quantitative estimate of drug-likeness (QED) is 0.140. The number of carbonyl (C=O) groups is 1. The first-order valence-electron chi connectivity index (χ1n) is 11.9. The highest BCUT2D eigenvalue weighted by atomic mass is 35.5. The minimum absolute atomic E-state index is 0.0623. The van der Waals surface area contributed by atoms with Crippen molar-refractivity contribution in [3.05, 3.63) is 75.9 Å². The highest BCUT2D eigenvalue weighted by Crippen LogP contribution is 2.41. The molecule has 4 N–H and O–H groups in total. The van der Waals surface area contributed by atoms with Crippen LogP contribution in [-0.4, -0.2) is 46.4 Å². The second-order valence-electron chi connectivity index (χ2n) is 8.44. The van der Waals surface area contributed by atoms with E-state index >= 15 is 0 Å². The van der Waals surface area contributed by atoms with Gasteiger partial charge < -0.3 is 25.3 Å². The number of nitriles is 1.